The molecule has 0 atom stereocenters. The molecule has 0 saturated carbocycles. The SMILES string of the molecule is C/C=C/COc1cc(C)c(CCCCOc2cc(/C(C)=N/OC)n(C)n2)c(C)c1. The molecule has 0 unspecified atom stereocenters. The number of hydrogen-bond acceptors (Lipinski definition) is 5. The van der Waals surface area contributed by atoms with Crippen LogP contribution in [0.3, 0.4) is 0 Å². The van der Waals surface area contributed by atoms with Crippen LogP contribution < -0.4 is 9.47 Å². The predicted octanol–water partition coefficient (Wildman–Crippen LogP) is 4.76. The molecule has 29 heavy (non-hydrogen) atoms. The van der Waals surface area contributed by atoms with Crippen LogP contribution in [0.25, 0.3) is 0 Å². The molecule has 0 fully saturated rings. The van der Waals surface area contributed by atoms with Crippen LogP contribution in [0.15, 0.2) is 35.5 Å². The van der Waals surface area contributed by atoms with Gasteiger partial charge in [-0.25, -0.2) is 0 Å². The topological polar surface area (TPSA) is 57.9 Å². The molecule has 0 saturated heterocycles. The lowest BCUT2D eigenvalue weighted by molar-refractivity contribution is 0.213. The zero-order chi connectivity index (χ0) is 21.2. The summed E-state index contributed by atoms with van der Waals surface area (Å²) in [6.45, 7) is 9.43. The highest BCUT2D eigenvalue weighted by atomic mass is 16.6. The molecule has 6 heteroatoms. The molecule has 6 nitrogen and oxygen atoms in total. The molecule has 0 aliphatic carbocycles. The zero-order valence-electron chi connectivity index (χ0n) is 18.5. The number of hydrogen-bond donors (Lipinski definition) is 0. The van der Waals surface area contributed by atoms with E-state index < -0.39 is 0 Å². The van der Waals surface area contributed by atoms with Crippen molar-refractivity contribution in [3.8, 4) is 11.6 Å². The van der Waals surface area contributed by atoms with Crippen LogP contribution >= 0.6 is 0 Å². The van der Waals surface area contributed by atoms with Crippen LogP contribution in [-0.4, -0.2) is 35.8 Å². The third-order valence-corrected chi connectivity index (χ3v) is 4.78. The van der Waals surface area contributed by atoms with E-state index in [-0.39, 0.29) is 0 Å². The normalized spacial score (nSPS) is 11.9. The van der Waals surface area contributed by atoms with Crippen LogP contribution in [0.5, 0.6) is 11.6 Å². The minimum Gasteiger partial charge on any atom is -0.490 e. The first kappa shape index (κ1) is 22.5. The van der Waals surface area contributed by atoms with Gasteiger partial charge in [0.2, 0.25) is 5.88 Å². The number of oxime groups is 1. The summed E-state index contributed by atoms with van der Waals surface area (Å²) < 4.78 is 13.3. The van der Waals surface area contributed by atoms with E-state index in [0.717, 1.165) is 36.4 Å². The minimum atomic E-state index is 0.609. The lowest BCUT2D eigenvalue weighted by Gasteiger charge is -2.13. The van der Waals surface area contributed by atoms with Gasteiger partial charge in [0.25, 0.3) is 0 Å². The third kappa shape index (κ3) is 6.66. The Kier molecular flexibility index (Phi) is 8.77. The maximum absolute atomic E-state index is 5.81. The number of nitrogens with zero attached hydrogens (tertiary/aromatic N) is 3. The zero-order valence-corrected chi connectivity index (χ0v) is 18.5. The first-order chi connectivity index (χ1) is 14.0. The fourth-order valence-corrected chi connectivity index (χ4v) is 3.29. The van der Waals surface area contributed by atoms with E-state index in [2.05, 4.69) is 36.2 Å². The summed E-state index contributed by atoms with van der Waals surface area (Å²) in [7, 11) is 3.40. The monoisotopic (exact) mass is 399 g/mol. The smallest absolute Gasteiger partial charge is 0.233 e. The van der Waals surface area contributed by atoms with E-state index >= 15 is 0 Å². The maximum atomic E-state index is 5.81. The van der Waals surface area contributed by atoms with Crippen molar-refractivity contribution in [2.24, 2.45) is 12.2 Å². The van der Waals surface area contributed by atoms with Gasteiger partial charge in [0, 0.05) is 13.1 Å². The number of aromatic nitrogens is 2. The van der Waals surface area contributed by atoms with Crippen LogP contribution in [-0.2, 0) is 18.3 Å². The first-order valence-corrected chi connectivity index (χ1v) is 10.0. The number of ether oxygens (including phenoxy) is 2. The van der Waals surface area contributed by atoms with E-state index in [9.17, 15) is 0 Å². The number of allylic oxidation sites excluding steroid dienone is 1. The van der Waals surface area contributed by atoms with Crippen molar-refractivity contribution < 1.29 is 14.3 Å². The average molecular weight is 400 g/mol. The van der Waals surface area contributed by atoms with E-state index in [1.165, 1.54) is 23.8 Å². The maximum Gasteiger partial charge on any atom is 0.233 e. The Morgan fingerprint density at radius 2 is 1.86 bits per heavy atom. The van der Waals surface area contributed by atoms with Crippen molar-refractivity contribution >= 4 is 5.71 Å². The molecule has 2 rings (SSSR count). The summed E-state index contributed by atoms with van der Waals surface area (Å²) in [5.41, 5.74) is 5.61. The van der Waals surface area contributed by atoms with Gasteiger partial charge in [0.15, 0.2) is 0 Å². The Bertz CT molecular complexity index is 830. The predicted molar refractivity (Wildman–Crippen MR) is 117 cm³/mol. The molecule has 1 aromatic carbocycles. The van der Waals surface area contributed by atoms with Crippen molar-refractivity contribution in [3.05, 3.63) is 52.7 Å². The molecule has 0 spiro atoms. The Morgan fingerprint density at radius 1 is 1.14 bits per heavy atom. The van der Waals surface area contributed by atoms with Gasteiger partial charge in [-0.3, -0.25) is 4.68 Å². The highest BCUT2D eigenvalue weighted by Gasteiger charge is 2.10. The van der Waals surface area contributed by atoms with Crippen molar-refractivity contribution in [1.82, 2.24) is 9.78 Å². The Hall–Kier alpha value is -2.76. The lowest BCUT2D eigenvalue weighted by Crippen LogP contribution is -2.04. The van der Waals surface area contributed by atoms with Crippen LogP contribution in [0.2, 0.25) is 0 Å². The van der Waals surface area contributed by atoms with E-state index in [0.29, 0.717) is 19.1 Å². The number of benzene rings is 1. The minimum absolute atomic E-state index is 0.609. The second kappa shape index (κ2) is 11.3. The Balaban J connectivity index is 1.82. The second-order valence-electron chi connectivity index (χ2n) is 7.07. The highest BCUT2D eigenvalue weighted by molar-refractivity contribution is 5.97. The molecule has 1 aromatic heterocycles. The van der Waals surface area contributed by atoms with Gasteiger partial charge in [0.1, 0.15) is 25.2 Å². The standard InChI is InChI=1S/C23H33N3O3/c1-7-8-12-28-20-14-17(2)21(18(3)15-20)11-9-10-13-29-23-16-22(26(5)24-23)19(4)25-27-6/h7-8,14-16H,9-13H2,1-6H3/b8-7+,25-19+. The fraction of sp³-hybridized carbons (Fsp3) is 0.478. The van der Waals surface area contributed by atoms with Crippen LogP contribution in [0.4, 0.5) is 0 Å². The molecule has 1 heterocycles. The van der Waals surface area contributed by atoms with E-state index in [1.807, 2.05) is 39.1 Å². The molecule has 158 valence electrons. The molecule has 0 amide bonds. The van der Waals surface area contributed by atoms with Gasteiger partial charge in [-0.05, 0) is 75.8 Å². The molecular formula is C23H33N3O3. The number of unbranched alkanes of at least 4 members (excludes halogenated alkanes) is 1. The number of rotatable bonds is 11. The third-order valence-electron chi connectivity index (χ3n) is 4.78. The molecule has 0 aliphatic heterocycles. The van der Waals surface area contributed by atoms with Gasteiger partial charge < -0.3 is 14.3 Å². The first-order valence-electron chi connectivity index (χ1n) is 10.0. The average Bonchev–Trinajstić information content (AvgIpc) is 3.04. The highest BCUT2D eigenvalue weighted by Crippen LogP contribution is 2.23. The molecular weight excluding hydrogens is 366 g/mol. The van der Waals surface area contributed by atoms with Crippen LogP contribution in [0.1, 0.15) is 49.1 Å². The van der Waals surface area contributed by atoms with Crippen molar-refractivity contribution in [2.45, 2.75) is 47.0 Å². The van der Waals surface area contributed by atoms with E-state index in [1.54, 1.807) is 4.68 Å². The van der Waals surface area contributed by atoms with Gasteiger partial charge in [-0.2, -0.15) is 0 Å². The molecule has 0 N–H and O–H groups in total. The summed E-state index contributed by atoms with van der Waals surface area (Å²) in [6, 6.07) is 6.14. The Morgan fingerprint density at radius 3 is 2.52 bits per heavy atom. The Labute approximate surface area is 174 Å². The molecule has 2 aromatic rings. The second-order valence-corrected chi connectivity index (χ2v) is 7.07. The summed E-state index contributed by atoms with van der Waals surface area (Å²) in [5, 5.41) is 8.32. The summed E-state index contributed by atoms with van der Waals surface area (Å²) >= 11 is 0. The van der Waals surface area contributed by atoms with E-state index in [4.69, 9.17) is 14.3 Å². The van der Waals surface area contributed by atoms with Gasteiger partial charge in [-0.1, -0.05) is 17.3 Å². The van der Waals surface area contributed by atoms with Gasteiger partial charge in [-0.15, -0.1) is 5.10 Å². The quantitative estimate of drug-likeness (QED) is 0.236. The molecule has 0 radical (unpaired) electrons. The lowest BCUT2D eigenvalue weighted by atomic mass is 9.97. The van der Waals surface area contributed by atoms with Crippen molar-refractivity contribution in [1.29, 1.82) is 0 Å². The fourth-order valence-electron chi connectivity index (χ4n) is 3.29. The largest absolute Gasteiger partial charge is 0.490 e. The summed E-state index contributed by atoms with van der Waals surface area (Å²) in [6.07, 6.45) is 7.06. The van der Waals surface area contributed by atoms with Gasteiger partial charge >= 0.3 is 0 Å². The van der Waals surface area contributed by atoms with Gasteiger partial charge in [0.05, 0.1) is 12.3 Å². The van der Waals surface area contributed by atoms with Crippen molar-refractivity contribution in [3.63, 3.8) is 0 Å². The summed E-state index contributed by atoms with van der Waals surface area (Å²) in [4.78, 5) is 4.82. The molecule has 0 aliphatic rings. The van der Waals surface area contributed by atoms with Crippen LogP contribution in [0, 0.1) is 13.8 Å². The number of aryl methyl sites for hydroxylation is 3. The molecule has 0 bridgehead atoms. The van der Waals surface area contributed by atoms with Crippen molar-refractivity contribution in [2.75, 3.05) is 20.3 Å². The summed E-state index contributed by atoms with van der Waals surface area (Å²) in [5.74, 6) is 1.55.